The summed E-state index contributed by atoms with van der Waals surface area (Å²) in [6.45, 7) is 2.72. The van der Waals surface area contributed by atoms with Crippen LogP contribution in [0.25, 0.3) is 0 Å². The predicted molar refractivity (Wildman–Crippen MR) is 93.4 cm³/mol. The second kappa shape index (κ2) is 6.72. The molecule has 0 saturated heterocycles. The van der Waals surface area contributed by atoms with E-state index in [0.717, 1.165) is 38.0 Å². The van der Waals surface area contributed by atoms with E-state index in [1.165, 1.54) is 0 Å². The van der Waals surface area contributed by atoms with Crippen molar-refractivity contribution < 1.29 is 8.42 Å². The van der Waals surface area contributed by atoms with Crippen LogP contribution in [0.15, 0.2) is 30.7 Å². The zero-order valence-electron chi connectivity index (χ0n) is 14.0. The summed E-state index contributed by atoms with van der Waals surface area (Å²) in [6.07, 6.45) is 7.61. The third-order valence-electron chi connectivity index (χ3n) is 4.72. The summed E-state index contributed by atoms with van der Waals surface area (Å²) >= 11 is 0. The molecule has 0 aromatic carbocycles. The van der Waals surface area contributed by atoms with Gasteiger partial charge in [0.15, 0.2) is 0 Å². The van der Waals surface area contributed by atoms with Gasteiger partial charge in [0, 0.05) is 38.2 Å². The molecule has 2 aromatic heterocycles. The largest absolute Gasteiger partial charge is 0.335 e. The number of sulfonamides is 1. The summed E-state index contributed by atoms with van der Waals surface area (Å²) in [5, 5.41) is 4.23. The van der Waals surface area contributed by atoms with Gasteiger partial charge in [-0.15, -0.1) is 0 Å². The minimum absolute atomic E-state index is 0.173. The average molecular weight is 362 g/mol. The number of rotatable bonds is 6. The van der Waals surface area contributed by atoms with E-state index < -0.39 is 10.0 Å². The summed E-state index contributed by atoms with van der Waals surface area (Å²) in [5.74, 6) is 0.965. The Hall–Kier alpha value is -2.00. The molecule has 0 spiro atoms. The molecule has 8 nitrogen and oxygen atoms in total. The Bertz CT molecular complexity index is 818. The van der Waals surface area contributed by atoms with Crippen LogP contribution in [0.4, 0.5) is 5.95 Å². The van der Waals surface area contributed by atoms with Crippen LogP contribution in [-0.4, -0.2) is 46.5 Å². The molecule has 1 aliphatic carbocycles. The first kappa shape index (κ1) is 16.5. The van der Waals surface area contributed by atoms with Crippen LogP contribution in [0.2, 0.25) is 0 Å². The van der Waals surface area contributed by atoms with Crippen LogP contribution in [-0.2, 0) is 23.1 Å². The van der Waals surface area contributed by atoms with E-state index in [9.17, 15) is 8.42 Å². The highest BCUT2D eigenvalue weighted by molar-refractivity contribution is 7.90. The Morgan fingerprint density at radius 3 is 2.72 bits per heavy atom. The second-order valence-corrected chi connectivity index (χ2v) is 8.77. The maximum Gasteiger partial charge on any atom is 0.225 e. The third kappa shape index (κ3) is 3.82. The van der Waals surface area contributed by atoms with Crippen molar-refractivity contribution in [1.82, 2.24) is 24.5 Å². The molecule has 25 heavy (non-hydrogen) atoms. The van der Waals surface area contributed by atoms with Crippen LogP contribution < -0.4 is 9.62 Å². The van der Waals surface area contributed by atoms with Gasteiger partial charge in [-0.3, -0.25) is 4.68 Å². The Labute approximate surface area is 147 Å². The van der Waals surface area contributed by atoms with Gasteiger partial charge < -0.3 is 4.90 Å². The van der Waals surface area contributed by atoms with Crippen molar-refractivity contribution in [2.75, 3.05) is 18.0 Å². The molecule has 2 aliphatic rings. The van der Waals surface area contributed by atoms with E-state index >= 15 is 0 Å². The number of nitrogens with zero attached hydrogens (tertiary/aromatic N) is 5. The summed E-state index contributed by atoms with van der Waals surface area (Å²) in [4.78, 5) is 10.9. The normalized spacial score (nSPS) is 21.0. The first-order valence-corrected chi connectivity index (χ1v) is 10.2. The molecular weight excluding hydrogens is 340 g/mol. The number of anilines is 1. The molecule has 1 fully saturated rings. The first-order valence-electron chi connectivity index (χ1n) is 8.63. The minimum atomic E-state index is -3.12. The van der Waals surface area contributed by atoms with Crippen LogP contribution in [0.3, 0.4) is 0 Å². The molecule has 3 heterocycles. The van der Waals surface area contributed by atoms with Gasteiger partial charge >= 0.3 is 0 Å². The monoisotopic (exact) mass is 362 g/mol. The lowest BCUT2D eigenvalue weighted by molar-refractivity contribution is 0.406. The number of hydrogen-bond donors (Lipinski definition) is 1. The van der Waals surface area contributed by atoms with Gasteiger partial charge in [0.2, 0.25) is 16.0 Å². The summed E-state index contributed by atoms with van der Waals surface area (Å²) in [5.41, 5.74) is 1.12. The summed E-state index contributed by atoms with van der Waals surface area (Å²) < 4.78 is 28.7. The maximum absolute atomic E-state index is 12.0. The Balaban J connectivity index is 1.45. The lowest BCUT2D eigenvalue weighted by Crippen LogP contribution is -2.33. The Morgan fingerprint density at radius 2 is 1.96 bits per heavy atom. The minimum Gasteiger partial charge on any atom is -0.335 e. The molecule has 1 aliphatic heterocycles. The fourth-order valence-electron chi connectivity index (χ4n) is 3.22. The number of hydrogen-bond acceptors (Lipinski definition) is 6. The molecule has 0 radical (unpaired) electrons. The van der Waals surface area contributed by atoms with Crippen LogP contribution in [0, 0.1) is 5.92 Å². The lowest BCUT2D eigenvalue weighted by atomic mass is 10.1. The lowest BCUT2D eigenvalue weighted by Gasteiger charge is -2.24. The smallest absolute Gasteiger partial charge is 0.225 e. The maximum atomic E-state index is 12.0. The van der Waals surface area contributed by atoms with Crippen molar-refractivity contribution in [2.24, 2.45) is 5.92 Å². The highest BCUT2D eigenvalue weighted by Crippen LogP contribution is 2.27. The van der Waals surface area contributed by atoms with Gasteiger partial charge in [-0.05, 0) is 37.3 Å². The average Bonchev–Trinajstić information content (AvgIpc) is 3.41. The molecule has 1 N–H and O–H groups in total. The van der Waals surface area contributed by atoms with Gasteiger partial charge in [-0.25, -0.2) is 23.1 Å². The van der Waals surface area contributed by atoms with E-state index in [-0.39, 0.29) is 11.2 Å². The zero-order chi connectivity index (χ0) is 17.3. The standard InChI is InChI=1S/C16H22N6O2S/c23-25(24,15-2-3-15)20-9-4-13-10-21(16-17-6-1-7-18-16)12-14-5-8-19-22(14)11-13/h1,5-8,13,15,20H,2-4,9-12H2/t13-/m1/s1. The molecule has 0 bridgehead atoms. The molecule has 9 heteroatoms. The van der Waals surface area contributed by atoms with Gasteiger partial charge in [0.25, 0.3) is 0 Å². The molecule has 134 valence electrons. The molecule has 1 saturated carbocycles. The highest BCUT2D eigenvalue weighted by atomic mass is 32.2. The predicted octanol–water partition coefficient (Wildman–Crippen LogP) is 0.781. The second-order valence-electron chi connectivity index (χ2n) is 6.73. The Morgan fingerprint density at radius 1 is 1.16 bits per heavy atom. The summed E-state index contributed by atoms with van der Waals surface area (Å²) in [6, 6.07) is 3.81. The van der Waals surface area contributed by atoms with Crippen molar-refractivity contribution in [3.8, 4) is 0 Å². The number of fused-ring (bicyclic) bond motifs is 1. The third-order valence-corrected chi connectivity index (χ3v) is 6.68. The van der Waals surface area contributed by atoms with E-state index in [4.69, 9.17) is 0 Å². The van der Waals surface area contributed by atoms with Crippen LogP contribution in [0.1, 0.15) is 25.0 Å². The van der Waals surface area contributed by atoms with Crippen LogP contribution in [0.5, 0.6) is 0 Å². The summed E-state index contributed by atoms with van der Waals surface area (Å²) in [7, 11) is -3.12. The topological polar surface area (TPSA) is 93.0 Å². The number of nitrogens with one attached hydrogen (secondary N) is 1. The van der Waals surface area contributed by atoms with Crippen molar-refractivity contribution >= 4 is 16.0 Å². The molecule has 0 amide bonds. The van der Waals surface area contributed by atoms with Crippen molar-refractivity contribution in [3.05, 3.63) is 36.4 Å². The first-order chi connectivity index (χ1) is 12.1. The molecule has 1 atom stereocenters. The van der Waals surface area contributed by atoms with Gasteiger partial charge in [-0.1, -0.05) is 0 Å². The van der Waals surface area contributed by atoms with E-state index in [2.05, 4.69) is 24.7 Å². The highest BCUT2D eigenvalue weighted by Gasteiger charge is 2.35. The molecule has 2 aromatic rings. The fraction of sp³-hybridized carbons (Fsp3) is 0.562. The zero-order valence-corrected chi connectivity index (χ0v) is 14.8. The van der Waals surface area contributed by atoms with Gasteiger partial charge in [-0.2, -0.15) is 5.10 Å². The molecule has 0 unspecified atom stereocenters. The van der Waals surface area contributed by atoms with E-state index in [1.807, 2.05) is 10.7 Å². The number of aromatic nitrogens is 4. The van der Waals surface area contributed by atoms with Crippen molar-refractivity contribution in [2.45, 2.75) is 37.6 Å². The molecular formula is C16H22N6O2S. The quantitative estimate of drug-likeness (QED) is 0.816. The van der Waals surface area contributed by atoms with Crippen LogP contribution >= 0.6 is 0 Å². The van der Waals surface area contributed by atoms with E-state index in [1.54, 1.807) is 24.7 Å². The SMILES string of the molecule is O=S(=O)(NCC[C@@H]1CN(c2ncccn2)Cc2ccnn2C1)C1CC1. The molecule has 4 rings (SSSR count). The van der Waals surface area contributed by atoms with Gasteiger partial charge in [0.05, 0.1) is 17.5 Å². The van der Waals surface area contributed by atoms with Crippen molar-refractivity contribution in [3.63, 3.8) is 0 Å². The Kier molecular flexibility index (Phi) is 4.43. The van der Waals surface area contributed by atoms with Crippen molar-refractivity contribution in [1.29, 1.82) is 0 Å². The van der Waals surface area contributed by atoms with Gasteiger partial charge in [0.1, 0.15) is 0 Å². The van der Waals surface area contributed by atoms with E-state index in [0.29, 0.717) is 19.0 Å². The fourth-order valence-corrected chi connectivity index (χ4v) is 4.62.